The van der Waals surface area contributed by atoms with Gasteiger partial charge in [-0.25, -0.2) is 0 Å². The molecule has 2 aliphatic rings. The maximum Gasteiger partial charge on any atom is 0.138 e. The van der Waals surface area contributed by atoms with E-state index < -0.39 is 0 Å². The van der Waals surface area contributed by atoms with Crippen LogP contribution in [0, 0.1) is 5.92 Å². The lowest BCUT2D eigenvalue weighted by molar-refractivity contribution is 0.0541. The van der Waals surface area contributed by atoms with Gasteiger partial charge < -0.3 is 5.11 Å². The Morgan fingerprint density at radius 3 is 2.70 bits per heavy atom. The number of hydrogen-bond donors (Lipinski definition) is 1. The highest BCUT2D eigenvalue weighted by Gasteiger charge is 2.33. The monoisotopic (exact) mass is 313 g/mol. The van der Waals surface area contributed by atoms with Crippen molar-refractivity contribution in [3.8, 4) is 5.75 Å². The smallest absolute Gasteiger partial charge is 0.138 e. The Morgan fingerprint density at radius 1 is 1.10 bits per heavy atom. The number of nitrogens with zero attached hydrogens (tertiary/aromatic N) is 1. The lowest BCUT2D eigenvalue weighted by Crippen LogP contribution is -2.46. The molecule has 1 heterocycles. The topological polar surface area (TPSA) is 23.5 Å². The van der Waals surface area contributed by atoms with Crippen molar-refractivity contribution in [2.45, 2.75) is 51.1 Å². The van der Waals surface area contributed by atoms with Crippen molar-refractivity contribution in [1.29, 1.82) is 0 Å². The van der Waals surface area contributed by atoms with E-state index in [1.54, 1.807) is 6.07 Å². The van der Waals surface area contributed by atoms with Gasteiger partial charge in [0.05, 0.1) is 5.02 Å². The standard InChI is InChI=1S/C16H21Cl2NO/c17-13-8-12(16(20)14(18)9-13)10-19-7-3-5-11-4-1-2-6-15(11)19/h8-9,11,15,20H,1-7,10H2. The zero-order valence-corrected chi connectivity index (χ0v) is 13.1. The summed E-state index contributed by atoms with van der Waals surface area (Å²) < 4.78 is 0. The van der Waals surface area contributed by atoms with Gasteiger partial charge in [-0.1, -0.05) is 36.0 Å². The molecule has 1 aromatic rings. The number of piperidine rings is 1. The van der Waals surface area contributed by atoms with Crippen LogP contribution in [0.3, 0.4) is 0 Å². The summed E-state index contributed by atoms with van der Waals surface area (Å²) in [5.74, 6) is 1.03. The molecule has 2 nitrogen and oxygen atoms in total. The van der Waals surface area contributed by atoms with E-state index in [2.05, 4.69) is 4.90 Å². The second-order valence-corrected chi connectivity index (χ2v) is 6.96. The summed E-state index contributed by atoms with van der Waals surface area (Å²) in [5.41, 5.74) is 0.855. The first-order valence-electron chi connectivity index (χ1n) is 7.56. The van der Waals surface area contributed by atoms with Crippen molar-refractivity contribution >= 4 is 23.2 Å². The summed E-state index contributed by atoms with van der Waals surface area (Å²) in [6.45, 7) is 1.87. The van der Waals surface area contributed by atoms with Crippen LogP contribution < -0.4 is 0 Å². The molecule has 4 heteroatoms. The highest BCUT2D eigenvalue weighted by Crippen LogP contribution is 2.38. The minimum Gasteiger partial charge on any atom is -0.506 e. The number of phenolic OH excluding ortho intramolecular Hbond substituents is 1. The maximum absolute atomic E-state index is 10.1. The van der Waals surface area contributed by atoms with Crippen LogP contribution in [0.2, 0.25) is 10.0 Å². The molecule has 1 saturated carbocycles. The average Bonchev–Trinajstić information content (AvgIpc) is 2.44. The molecule has 0 radical (unpaired) electrons. The van der Waals surface area contributed by atoms with Gasteiger partial charge in [-0.3, -0.25) is 4.90 Å². The van der Waals surface area contributed by atoms with Gasteiger partial charge in [0.1, 0.15) is 5.75 Å². The van der Waals surface area contributed by atoms with Crippen LogP contribution >= 0.6 is 23.2 Å². The Morgan fingerprint density at radius 2 is 1.85 bits per heavy atom. The van der Waals surface area contributed by atoms with E-state index >= 15 is 0 Å². The fourth-order valence-corrected chi connectivity index (χ4v) is 4.42. The number of likely N-dealkylation sites (tertiary alicyclic amines) is 1. The summed E-state index contributed by atoms with van der Waals surface area (Å²) in [4.78, 5) is 2.52. The number of halogens is 2. The minimum absolute atomic E-state index is 0.189. The van der Waals surface area contributed by atoms with E-state index in [-0.39, 0.29) is 5.75 Å². The first-order valence-corrected chi connectivity index (χ1v) is 8.31. The van der Waals surface area contributed by atoms with Crippen LogP contribution in [-0.2, 0) is 6.54 Å². The molecule has 0 amide bonds. The third-order valence-corrected chi connectivity index (χ3v) is 5.35. The fraction of sp³-hybridized carbons (Fsp3) is 0.625. The number of rotatable bonds is 2. The Balaban J connectivity index is 1.79. The molecule has 0 spiro atoms. The largest absolute Gasteiger partial charge is 0.506 e. The van der Waals surface area contributed by atoms with Crippen molar-refractivity contribution in [2.24, 2.45) is 5.92 Å². The Labute approximate surface area is 130 Å². The molecule has 1 saturated heterocycles. The highest BCUT2D eigenvalue weighted by molar-refractivity contribution is 6.35. The molecule has 2 fully saturated rings. The number of fused-ring (bicyclic) bond motifs is 1. The lowest BCUT2D eigenvalue weighted by Gasteiger charge is -2.44. The molecule has 1 aliphatic carbocycles. The quantitative estimate of drug-likeness (QED) is 0.843. The number of phenols is 1. The molecule has 110 valence electrons. The summed E-state index contributed by atoms with van der Waals surface area (Å²) in [6.07, 6.45) is 7.99. The zero-order valence-electron chi connectivity index (χ0n) is 11.6. The molecule has 3 rings (SSSR count). The number of hydrogen-bond acceptors (Lipinski definition) is 2. The van der Waals surface area contributed by atoms with Crippen LogP contribution in [-0.4, -0.2) is 22.6 Å². The van der Waals surface area contributed by atoms with E-state index in [1.165, 1.54) is 38.5 Å². The van der Waals surface area contributed by atoms with Gasteiger partial charge in [-0.2, -0.15) is 0 Å². The van der Waals surface area contributed by atoms with Crippen molar-refractivity contribution < 1.29 is 5.11 Å². The van der Waals surface area contributed by atoms with Crippen molar-refractivity contribution in [3.63, 3.8) is 0 Å². The lowest BCUT2D eigenvalue weighted by atomic mass is 9.78. The predicted octanol–water partition coefficient (Wildman–Crippen LogP) is 4.85. The molecule has 1 aromatic carbocycles. The van der Waals surface area contributed by atoms with E-state index in [4.69, 9.17) is 23.2 Å². The molecule has 0 bridgehead atoms. The van der Waals surface area contributed by atoms with Gasteiger partial charge in [-0.15, -0.1) is 0 Å². The van der Waals surface area contributed by atoms with Gasteiger partial charge in [0.25, 0.3) is 0 Å². The first kappa shape index (κ1) is 14.5. The summed E-state index contributed by atoms with van der Waals surface area (Å²) in [7, 11) is 0. The van der Waals surface area contributed by atoms with E-state index in [0.29, 0.717) is 16.1 Å². The average molecular weight is 314 g/mol. The molecule has 2 unspecified atom stereocenters. The fourth-order valence-electron chi connectivity index (χ4n) is 3.88. The maximum atomic E-state index is 10.1. The molecule has 0 aromatic heterocycles. The predicted molar refractivity (Wildman–Crippen MR) is 83.5 cm³/mol. The molecular weight excluding hydrogens is 293 g/mol. The SMILES string of the molecule is Oc1c(Cl)cc(Cl)cc1CN1CCCC2CCCCC21. The third kappa shape index (κ3) is 2.93. The second-order valence-electron chi connectivity index (χ2n) is 6.12. The Kier molecular flexibility index (Phi) is 4.44. The van der Waals surface area contributed by atoms with Crippen molar-refractivity contribution in [1.82, 2.24) is 4.90 Å². The Bertz CT molecular complexity index is 490. The number of benzene rings is 1. The molecule has 20 heavy (non-hydrogen) atoms. The molecule has 2 atom stereocenters. The van der Waals surface area contributed by atoms with Crippen LogP contribution in [0.1, 0.15) is 44.1 Å². The Hall–Kier alpha value is -0.440. The summed E-state index contributed by atoms with van der Waals surface area (Å²) in [6, 6.07) is 4.12. The van der Waals surface area contributed by atoms with E-state index in [9.17, 15) is 5.11 Å². The third-order valence-electron chi connectivity index (χ3n) is 4.84. The first-order chi connectivity index (χ1) is 9.65. The van der Waals surface area contributed by atoms with Gasteiger partial charge in [0.2, 0.25) is 0 Å². The normalized spacial score (nSPS) is 27.3. The zero-order chi connectivity index (χ0) is 14.1. The molecule has 1 aliphatic heterocycles. The van der Waals surface area contributed by atoms with Crippen LogP contribution in [0.15, 0.2) is 12.1 Å². The summed E-state index contributed by atoms with van der Waals surface area (Å²) in [5, 5.41) is 11.1. The van der Waals surface area contributed by atoms with Gasteiger partial charge in [0.15, 0.2) is 0 Å². The van der Waals surface area contributed by atoms with Crippen LogP contribution in [0.4, 0.5) is 0 Å². The minimum atomic E-state index is 0.189. The highest BCUT2D eigenvalue weighted by atomic mass is 35.5. The summed E-state index contributed by atoms with van der Waals surface area (Å²) >= 11 is 12.1. The van der Waals surface area contributed by atoms with E-state index in [0.717, 1.165) is 24.6 Å². The van der Waals surface area contributed by atoms with Gasteiger partial charge in [-0.05, 0) is 50.3 Å². The van der Waals surface area contributed by atoms with Gasteiger partial charge >= 0.3 is 0 Å². The van der Waals surface area contributed by atoms with Crippen LogP contribution in [0.25, 0.3) is 0 Å². The number of aromatic hydroxyl groups is 1. The van der Waals surface area contributed by atoms with Gasteiger partial charge in [0, 0.05) is 23.2 Å². The molecule has 1 N–H and O–H groups in total. The van der Waals surface area contributed by atoms with E-state index in [1.807, 2.05) is 6.07 Å². The van der Waals surface area contributed by atoms with Crippen LogP contribution in [0.5, 0.6) is 5.75 Å². The second kappa shape index (κ2) is 6.13. The molecular formula is C16H21Cl2NO. The van der Waals surface area contributed by atoms with Crippen molar-refractivity contribution in [2.75, 3.05) is 6.54 Å². The van der Waals surface area contributed by atoms with Crippen molar-refractivity contribution in [3.05, 3.63) is 27.7 Å².